The molecule has 2 heterocycles. The fourth-order valence-corrected chi connectivity index (χ4v) is 2.27. The van der Waals surface area contributed by atoms with Gasteiger partial charge in [-0.25, -0.2) is 4.79 Å². The summed E-state index contributed by atoms with van der Waals surface area (Å²) >= 11 is 0. The highest BCUT2D eigenvalue weighted by atomic mass is 16.5. The molecular formula is C15H13NO3. The van der Waals surface area contributed by atoms with Gasteiger partial charge in [0.1, 0.15) is 12.4 Å². The quantitative estimate of drug-likeness (QED) is 0.896. The molecule has 19 heavy (non-hydrogen) atoms. The van der Waals surface area contributed by atoms with Crippen molar-refractivity contribution in [1.82, 2.24) is 4.98 Å². The van der Waals surface area contributed by atoms with E-state index in [1.54, 1.807) is 18.3 Å². The molecule has 1 aliphatic heterocycles. The van der Waals surface area contributed by atoms with Crippen LogP contribution in [0.25, 0.3) is 11.1 Å². The second-order valence-electron chi connectivity index (χ2n) is 4.49. The first kappa shape index (κ1) is 11.7. The Morgan fingerprint density at radius 2 is 2.21 bits per heavy atom. The molecule has 1 aromatic heterocycles. The molecule has 96 valence electrons. The van der Waals surface area contributed by atoms with Gasteiger partial charge in [0.05, 0.1) is 11.8 Å². The van der Waals surface area contributed by atoms with Gasteiger partial charge < -0.3 is 9.84 Å². The molecule has 0 saturated carbocycles. The minimum Gasteiger partial charge on any atom is -0.487 e. The van der Waals surface area contributed by atoms with Crippen LogP contribution in [0.5, 0.6) is 5.75 Å². The number of carboxylic acids is 1. The minimum absolute atomic E-state index is 0.288. The molecule has 0 spiro atoms. The number of nitrogens with zero attached hydrogens (tertiary/aromatic N) is 1. The lowest BCUT2D eigenvalue weighted by Gasteiger charge is -2.21. The molecule has 4 heteroatoms. The van der Waals surface area contributed by atoms with Gasteiger partial charge >= 0.3 is 5.97 Å². The normalized spacial score (nSPS) is 12.3. The molecule has 0 fully saturated rings. The summed E-state index contributed by atoms with van der Waals surface area (Å²) in [4.78, 5) is 15.3. The first-order chi connectivity index (χ1) is 9.19. The van der Waals surface area contributed by atoms with E-state index in [1.165, 1.54) is 0 Å². The zero-order valence-electron chi connectivity index (χ0n) is 10.5. The first-order valence-electron chi connectivity index (χ1n) is 6.17. The van der Waals surface area contributed by atoms with Crippen LogP contribution in [-0.2, 0) is 13.0 Å². The van der Waals surface area contributed by atoms with Gasteiger partial charge in [0, 0.05) is 11.3 Å². The van der Waals surface area contributed by atoms with Gasteiger partial charge in [-0.1, -0.05) is 13.0 Å². The number of aromatic nitrogens is 1. The smallest absolute Gasteiger partial charge is 0.335 e. The van der Waals surface area contributed by atoms with Crippen molar-refractivity contribution in [3.05, 3.63) is 47.3 Å². The molecular weight excluding hydrogens is 242 g/mol. The van der Waals surface area contributed by atoms with Crippen molar-refractivity contribution in [2.24, 2.45) is 0 Å². The third-order valence-corrected chi connectivity index (χ3v) is 3.31. The molecule has 0 atom stereocenters. The monoisotopic (exact) mass is 255 g/mol. The molecule has 0 aliphatic carbocycles. The molecule has 0 saturated heterocycles. The van der Waals surface area contributed by atoms with E-state index in [0.29, 0.717) is 6.61 Å². The van der Waals surface area contributed by atoms with Crippen molar-refractivity contribution in [3.63, 3.8) is 0 Å². The van der Waals surface area contributed by atoms with Crippen molar-refractivity contribution in [3.8, 4) is 16.9 Å². The van der Waals surface area contributed by atoms with Crippen LogP contribution in [0.2, 0.25) is 0 Å². The highest BCUT2D eigenvalue weighted by molar-refractivity contribution is 5.89. The second kappa shape index (κ2) is 4.39. The van der Waals surface area contributed by atoms with Crippen molar-refractivity contribution in [2.75, 3.05) is 0 Å². The standard InChI is InChI=1S/C15H13NO3/c1-2-11-6-13-12-4-3-9(15(17)18)5-10(12)8-19-14(13)7-16-11/h3-7H,2,8H2,1H3,(H,17,18). The van der Waals surface area contributed by atoms with Crippen LogP contribution in [0.1, 0.15) is 28.5 Å². The van der Waals surface area contributed by atoms with Gasteiger partial charge in [-0.2, -0.15) is 0 Å². The number of carbonyl (C=O) groups is 1. The maximum absolute atomic E-state index is 11.0. The Morgan fingerprint density at radius 1 is 1.37 bits per heavy atom. The predicted molar refractivity (Wildman–Crippen MR) is 70.3 cm³/mol. The van der Waals surface area contributed by atoms with Crippen molar-refractivity contribution >= 4 is 5.97 Å². The lowest BCUT2D eigenvalue weighted by molar-refractivity contribution is 0.0696. The predicted octanol–water partition coefficient (Wildman–Crippen LogP) is 2.90. The Balaban J connectivity index is 2.15. The average molecular weight is 255 g/mol. The minimum atomic E-state index is -0.919. The fraction of sp³-hybridized carbons (Fsp3) is 0.200. The van der Waals surface area contributed by atoms with Gasteiger partial charge in [0.25, 0.3) is 0 Å². The summed E-state index contributed by atoms with van der Waals surface area (Å²) in [6.45, 7) is 2.43. The first-order valence-corrected chi connectivity index (χ1v) is 6.17. The van der Waals surface area contributed by atoms with E-state index in [2.05, 4.69) is 4.98 Å². The van der Waals surface area contributed by atoms with E-state index in [1.807, 2.05) is 19.1 Å². The van der Waals surface area contributed by atoms with Gasteiger partial charge in [-0.15, -0.1) is 0 Å². The zero-order valence-corrected chi connectivity index (χ0v) is 10.5. The number of fused-ring (bicyclic) bond motifs is 3. The highest BCUT2D eigenvalue weighted by Crippen LogP contribution is 2.37. The molecule has 1 aliphatic rings. The van der Waals surface area contributed by atoms with Crippen molar-refractivity contribution in [1.29, 1.82) is 0 Å². The summed E-state index contributed by atoms with van der Waals surface area (Å²) in [7, 11) is 0. The molecule has 2 aromatic rings. The number of benzene rings is 1. The summed E-state index contributed by atoms with van der Waals surface area (Å²) in [5.74, 6) is -0.162. The molecule has 0 unspecified atom stereocenters. The van der Waals surface area contributed by atoms with Crippen molar-refractivity contribution < 1.29 is 14.6 Å². The molecule has 4 nitrogen and oxygen atoms in total. The largest absolute Gasteiger partial charge is 0.487 e. The number of carboxylic acid groups (broad SMARTS) is 1. The summed E-state index contributed by atoms with van der Waals surface area (Å²) in [6, 6.07) is 7.16. The Hall–Kier alpha value is -2.36. The fourth-order valence-electron chi connectivity index (χ4n) is 2.27. The Morgan fingerprint density at radius 3 is 2.95 bits per heavy atom. The third-order valence-electron chi connectivity index (χ3n) is 3.31. The van der Waals surface area contributed by atoms with Crippen LogP contribution in [0.4, 0.5) is 0 Å². The zero-order chi connectivity index (χ0) is 13.4. The molecule has 1 N–H and O–H groups in total. The number of ether oxygens (including phenoxy) is 1. The molecule has 0 radical (unpaired) electrons. The Labute approximate surface area is 110 Å². The average Bonchev–Trinajstić information content (AvgIpc) is 2.45. The Bertz CT molecular complexity index is 664. The van der Waals surface area contributed by atoms with Crippen LogP contribution < -0.4 is 4.74 Å². The number of hydrogen-bond acceptors (Lipinski definition) is 3. The van der Waals surface area contributed by atoms with E-state index in [-0.39, 0.29) is 5.56 Å². The topological polar surface area (TPSA) is 59.4 Å². The van der Waals surface area contributed by atoms with Crippen LogP contribution in [0.3, 0.4) is 0 Å². The lowest BCUT2D eigenvalue weighted by Crippen LogP contribution is -2.08. The van der Waals surface area contributed by atoms with Gasteiger partial charge in [0.15, 0.2) is 0 Å². The van der Waals surface area contributed by atoms with Gasteiger partial charge in [-0.3, -0.25) is 4.98 Å². The van der Waals surface area contributed by atoms with E-state index < -0.39 is 5.97 Å². The maximum Gasteiger partial charge on any atom is 0.335 e. The van der Waals surface area contributed by atoms with E-state index >= 15 is 0 Å². The maximum atomic E-state index is 11.0. The summed E-state index contributed by atoms with van der Waals surface area (Å²) in [5.41, 5.74) is 4.21. The van der Waals surface area contributed by atoms with Gasteiger partial charge in [0.2, 0.25) is 0 Å². The summed E-state index contributed by atoms with van der Waals surface area (Å²) in [6.07, 6.45) is 2.60. The Kier molecular flexibility index (Phi) is 2.71. The highest BCUT2D eigenvalue weighted by Gasteiger charge is 2.19. The number of aromatic carboxylic acids is 1. The number of hydrogen-bond donors (Lipinski definition) is 1. The van der Waals surface area contributed by atoms with E-state index in [4.69, 9.17) is 9.84 Å². The molecule has 3 rings (SSSR count). The van der Waals surface area contributed by atoms with Crippen LogP contribution in [0.15, 0.2) is 30.5 Å². The number of pyridine rings is 1. The third kappa shape index (κ3) is 1.95. The van der Waals surface area contributed by atoms with E-state index in [0.717, 1.165) is 34.6 Å². The molecule has 0 bridgehead atoms. The van der Waals surface area contributed by atoms with E-state index in [9.17, 15) is 4.79 Å². The van der Waals surface area contributed by atoms with Crippen molar-refractivity contribution in [2.45, 2.75) is 20.0 Å². The molecule has 1 aromatic carbocycles. The number of aryl methyl sites for hydroxylation is 1. The lowest BCUT2D eigenvalue weighted by atomic mass is 9.95. The molecule has 0 amide bonds. The number of rotatable bonds is 2. The van der Waals surface area contributed by atoms with Crippen LogP contribution in [-0.4, -0.2) is 16.1 Å². The van der Waals surface area contributed by atoms with Gasteiger partial charge in [-0.05, 0) is 35.7 Å². The SMILES string of the molecule is CCc1cc2c(cn1)OCc1cc(C(=O)O)ccc1-2. The summed E-state index contributed by atoms with van der Waals surface area (Å²) in [5, 5.41) is 9.01. The van der Waals surface area contributed by atoms with Crippen LogP contribution in [0, 0.1) is 0 Å². The second-order valence-corrected chi connectivity index (χ2v) is 4.49. The van der Waals surface area contributed by atoms with Crippen LogP contribution >= 0.6 is 0 Å². The summed E-state index contributed by atoms with van der Waals surface area (Å²) < 4.78 is 5.63.